The monoisotopic (exact) mass is 361 g/mol. The van der Waals surface area contributed by atoms with Crippen LogP contribution in [-0.4, -0.2) is 31.8 Å². The van der Waals surface area contributed by atoms with E-state index in [1.807, 2.05) is 41.1 Å². The second kappa shape index (κ2) is 7.82. The van der Waals surface area contributed by atoms with Crippen molar-refractivity contribution in [1.29, 1.82) is 0 Å². The fourth-order valence-corrected chi connectivity index (χ4v) is 2.92. The number of rotatable bonds is 7. The minimum absolute atomic E-state index is 0.107. The Morgan fingerprint density at radius 3 is 2.81 bits per heavy atom. The third-order valence-electron chi connectivity index (χ3n) is 4.29. The number of nitrogens with zero attached hydrogens (tertiary/aromatic N) is 4. The molecule has 2 aromatic carbocycles. The van der Waals surface area contributed by atoms with E-state index in [-0.39, 0.29) is 5.56 Å². The molecule has 0 aliphatic carbocycles. The number of aromatic nitrogens is 5. The Hall–Kier alpha value is -3.48. The zero-order valence-corrected chi connectivity index (χ0v) is 14.7. The van der Waals surface area contributed by atoms with Gasteiger partial charge in [0, 0.05) is 23.4 Å². The van der Waals surface area contributed by atoms with Crippen molar-refractivity contribution in [1.82, 2.24) is 25.2 Å². The Morgan fingerprint density at radius 1 is 1.04 bits per heavy atom. The molecule has 27 heavy (non-hydrogen) atoms. The van der Waals surface area contributed by atoms with Crippen LogP contribution in [0.25, 0.3) is 10.9 Å². The molecule has 0 aliphatic rings. The van der Waals surface area contributed by atoms with Gasteiger partial charge in [-0.15, -0.1) is 5.10 Å². The molecule has 0 fully saturated rings. The van der Waals surface area contributed by atoms with Gasteiger partial charge in [0.25, 0.3) is 0 Å². The van der Waals surface area contributed by atoms with Crippen LogP contribution in [0.15, 0.2) is 65.5 Å². The SMILES string of the molecule is O=c1ccc2cc(OCCCc3nnnn3Cc3ccccc3)ccc2[nH]1. The third kappa shape index (κ3) is 4.20. The number of aryl methyl sites for hydroxylation is 1. The van der Waals surface area contributed by atoms with Crippen LogP contribution in [0.1, 0.15) is 17.8 Å². The maximum atomic E-state index is 11.3. The Labute approximate surface area is 155 Å². The van der Waals surface area contributed by atoms with Gasteiger partial charge in [-0.1, -0.05) is 30.3 Å². The number of hydrogen-bond donors (Lipinski definition) is 1. The van der Waals surface area contributed by atoms with E-state index >= 15 is 0 Å². The lowest BCUT2D eigenvalue weighted by atomic mass is 10.2. The largest absolute Gasteiger partial charge is 0.494 e. The zero-order chi connectivity index (χ0) is 18.5. The van der Waals surface area contributed by atoms with E-state index in [9.17, 15) is 4.79 Å². The first kappa shape index (κ1) is 17.0. The number of hydrogen-bond acceptors (Lipinski definition) is 5. The quantitative estimate of drug-likeness (QED) is 0.511. The van der Waals surface area contributed by atoms with Gasteiger partial charge in [-0.05, 0) is 46.7 Å². The van der Waals surface area contributed by atoms with Crippen molar-refractivity contribution in [2.75, 3.05) is 6.61 Å². The number of nitrogens with one attached hydrogen (secondary N) is 1. The summed E-state index contributed by atoms with van der Waals surface area (Å²) < 4.78 is 7.65. The maximum Gasteiger partial charge on any atom is 0.248 e. The number of fused-ring (bicyclic) bond motifs is 1. The second-order valence-corrected chi connectivity index (χ2v) is 6.26. The van der Waals surface area contributed by atoms with Gasteiger partial charge in [0.1, 0.15) is 5.75 Å². The summed E-state index contributed by atoms with van der Waals surface area (Å²) in [5.41, 5.74) is 1.86. The summed E-state index contributed by atoms with van der Waals surface area (Å²) in [6.07, 6.45) is 1.54. The van der Waals surface area contributed by atoms with Crippen molar-refractivity contribution >= 4 is 10.9 Å². The van der Waals surface area contributed by atoms with Crippen LogP contribution in [0.4, 0.5) is 0 Å². The molecule has 7 nitrogen and oxygen atoms in total. The van der Waals surface area contributed by atoms with Crippen LogP contribution >= 0.6 is 0 Å². The predicted molar refractivity (Wildman–Crippen MR) is 102 cm³/mol. The van der Waals surface area contributed by atoms with Crippen molar-refractivity contribution < 1.29 is 4.74 Å². The molecule has 0 amide bonds. The number of benzene rings is 2. The van der Waals surface area contributed by atoms with Gasteiger partial charge in [-0.2, -0.15) is 0 Å². The van der Waals surface area contributed by atoms with Crippen LogP contribution in [-0.2, 0) is 13.0 Å². The van der Waals surface area contributed by atoms with E-state index < -0.39 is 0 Å². The van der Waals surface area contributed by atoms with Crippen molar-refractivity contribution in [2.24, 2.45) is 0 Å². The number of pyridine rings is 1. The van der Waals surface area contributed by atoms with E-state index in [1.54, 1.807) is 6.07 Å². The first-order chi connectivity index (χ1) is 13.3. The fourth-order valence-electron chi connectivity index (χ4n) is 2.92. The molecule has 136 valence electrons. The van der Waals surface area contributed by atoms with Gasteiger partial charge in [-0.25, -0.2) is 4.68 Å². The average molecular weight is 361 g/mol. The maximum absolute atomic E-state index is 11.3. The van der Waals surface area contributed by atoms with Gasteiger partial charge in [0.15, 0.2) is 5.82 Å². The summed E-state index contributed by atoms with van der Waals surface area (Å²) in [6.45, 7) is 1.22. The van der Waals surface area contributed by atoms with Crippen molar-refractivity contribution in [2.45, 2.75) is 19.4 Å². The van der Waals surface area contributed by atoms with E-state index in [0.29, 0.717) is 13.2 Å². The third-order valence-corrected chi connectivity index (χ3v) is 4.29. The summed E-state index contributed by atoms with van der Waals surface area (Å²) in [6, 6.07) is 19.1. The summed E-state index contributed by atoms with van der Waals surface area (Å²) >= 11 is 0. The molecular formula is C20H19N5O2. The summed E-state index contributed by atoms with van der Waals surface area (Å²) in [5, 5.41) is 12.9. The van der Waals surface area contributed by atoms with Crippen LogP contribution in [0, 0.1) is 0 Å². The standard InChI is InChI=1S/C20H19N5O2/c26-20-11-8-16-13-17(9-10-18(16)21-20)27-12-4-7-19-22-23-24-25(19)14-15-5-2-1-3-6-15/h1-3,5-6,8-11,13H,4,7,12,14H2,(H,21,26). The minimum atomic E-state index is -0.107. The molecule has 0 aliphatic heterocycles. The molecule has 7 heteroatoms. The topological polar surface area (TPSA) is 85.7 Å². The van der Waals surface area contributed by atoms with E-state index in [2.05, 4.69) is 32.6 Å². The molecule has 4 rings (SSSR count). The highest BCUT2D eigenvalue weighted by molar-refractivity contribution is 5.79. The van der Waals surface area contributed by atoms with Crippen molar-refractivity contribution in [3.05, 3.63) is 82.4 Å². The van der Waals surface area contributed by atoms with Gasteiger partial charge >= 0.3 is 0 Å². The minimum Gasteiger partial charge on any atom is -0.494 e. The highest BCUT2D eigenvalue weighted by Crippen LogP contribution is 2.18. The van der Waals surface area contributed by atoms with Gasteiger partial charge in [-0.3, -0.25) is 4.79 Å². The number of ether oxygens (including phenoxy) is 1. The van der Waals surface area contributed by atoms with Crippen LogP contribution < -0.4 is 10.3 Å². The normalized spacial score (nSPS) is 11.0. The molecule has 0 radical (unpaired) electrons. The summed E-state index contributed by atoms with van der Waals surface area (Å²) in [7, 11) is 0. The molecule has 0 spiro atoms. The summed E-state index contributed by atoms with van der Waals surface area (Å²) in [5.74, 6) is 1.62. The Bertz CT molecular complexity index is 1090. The zero-order valence-electron chi connectivity index (χ0n) is 14.7. The second-order valence-electron chi connectivity index (χ2n) is 6.26. The first-order valence-electron chi connectivity index (χ1n) is 8.83. The van der Waals surface area contributed by atoms with Crippen LogP contribution in [0.2, 0.25) is 0 Å². The Balaban J connectivity index is 1.32. The highest BCUT2D eigenvalue weighted by atomic mass is 16.5. The molecule has 0 saturated carbocycles. The lowest BCUT2D eigenvalue weighted by Crippen LogP contribution is -2.09. The van der Waals surface area contributed by atoms with Gasteiger partial charge in [0.05, 0.1) is 13.2 Å². The van der Waals surface area contributed by atoms with Crippen LogP contribution in [0.5, 0.6) is 5.75 Å². The van der Waals surface area contributed by atoms with Crippen LogP contribution in [0.3, 0.4) is 0 Å². The molecular weight excluding hydrogens is 342 g/mol. The molecule has 0 unspecified atom stereocenters. The van der Waals surface area contributed by atoms with Crippen molar-refractivity contribution in [3.8, 4) is 5.75 Å². The highest BCUT2D eigenvalue weighted by Gasteiger charge is 2.07. The van der Waals surface area contributed by atoms with Gasteiger partial charge < -0.3 is 9.72 Å². The lowest BCUT2D eigenvalue weighted by Gasteiger charge is -2.08. The van der Waals surface area contributed by atoms with E-state index in [4.69, 9.17) is 4.74 Å². The van der Waals surface area contributed by atoms with E-state index in [0.717, 1.165) is 40.9 Å². The molecule has 0 atom stereocenters. The predicted octanol–water partition coefficient (Wildman–Crippen LogP) is 2.57. The molecule has 0 bridgehead atoms. The van der Waals surface area contributed by atoms with Gasteiger partial charge in [0.2, 0.25) is 5.56 Å². The molecule has 4 aromatic rings. The number of tetrazole rings is 1. The smallest absolute Gasteiger partial charge is 0.248 e. The average Bonchev–Trinajstić information content (AvgIpc) is 3.13. The molecule has 2 aromatic heterocycles. The fraction of sp³-hybridized carbons (Fsp3) is 0.200. The number of H-pyrrole nitrogens is 1. The lowest BCUT2D eigenvalue weighted by molar-refractivity contribution is 0.309. The molecule has 1 N–H and O–H groups in total. The Kier molecular flexibility index (Phi) is 4.91. The summed E-state index contributed by atoms with van der Waals surface area (Å²) in [4.78, 5) is 14.1. The van der Waals surface area contributed by atoms with E-state index in [1.165, 1.54) is 6.07 Å². The molecule has 2 heterocycles. The Morgan fingerprint density at radius 2 is 1.93 bits per heavy atom. The molecule has 0 saturated heterocycles. The van der Waals surface area contributed by atoms with Crippen molar-refractivity contribution in [3.63, 3.8) is 0 Å². The number of aromatic amines is 1. The first-order valence-corrected chi connectivity index (χ1v) is 8.83.